The predicted octanol–water partition coefficient (Wildman–Crippen LogP) is 2.79. The number of amides is 1. The predicted molar refractivity (Wildman–Crippen MR) is 70.7 cm³/mol. The van der Waals surface area contributed by atoms with Crippen LogP contribution in [0.3, 0.4) is 0 Å². The second-order valence-corrected chi connectivity index (χ2v) is 5.08. The van der Waals surface area contributed by atoms with Gasteiger partial charge in [-0.3, -0.25) is 4.79 Å². The van der Waals surface area contributed by atoms with E-state index in [1.807, 2.05) is 18.2 Å². The molecule has 1 aromatic carbocycles. The summed E-state index contributed by atoms with van der Waals surface area (Å²) in [6.45, 7) is 1.78. The Balaban J connectivity index is 1.82. The average Bonchev–Trinajstić information content (AvgIpc) is 2.81. The van der Waals surface area contributed by atoms with Crippen LogP contribution in [-0.4, -0.2) is 11.1 Å². The first-order chi connectivity index (χ1) is 9.20. The molecule has 1 aromatic heterocycles. The van der Waals surface area contributed by atoms with Crippen LogP contribution in [0.4, 0.5) is 0 Å². The van der Waals surface area contributed by atoms with Gasteiger partial charge in [0.25, 0.3) is 5.91 Å². The average molecular weight is 256 g/mol. The van der Waals surface area contributed by atoms with Crippen molar-refractivity contribution in [1.29, 1.82) is 0 Å². The monoisotopic (exact) mass is 256 g/mol. The van der Waals surface area contributed by atoms with E-state index in [1.165, 1.54) is 0 Å². The van der Waals surface area contributed by atoms with E-state index in [4.69, 9.17) is 4.52 Å². The second-order valence-electron chi connectivity index (χ2n) is 5.08. The maximum absolute atomic E-state index is 12.2. The summed E-state index contributed by atoms with van der Waals surface area (Å²) < 4.78 is 4.95. The highest BCUT2D eigenvalue weighted by atomic mass is 16.5. The van der Waals surface area contributed by atoms with Gasteiger partial charge >= 0.3 is 0 Å². The van der Waals surface area contributed by atoms with Crippen molar-refractivity contribution in [3.05, 3.63) is 53.4 Å². The van der Waals surface area contributed by atoms with Crippen LogP contribution in [0, 0.1) is 6.92 Å². The lowest BCUT2D eigenvalue weighted by molar-refractivity contribution is 0.0814. The van der Waals surface area contributed by atoms with Crippen molar-refractivity contribution in [2.24, 2.45) is 0 Å². The summed E-state index contributed by atoms with van der Waals surface area (Å²) >= 11 is 0. The fourth-order valence-corrected chi connectivity index (χ4v) is 2.53. The molecule has 0 spiro atoms. The lowest BCUT2D eigenvalue weighted by Crippen LogP contribution is -2.50. The van der Waals surface area contributed by atoms with Gasteiger partial charge < -0.3 is 9.84 Å². The highest BCUT2D eigenvalue weighted by Crippen LogP contribution is 2.41. The first-order valence-electron chi connectivity index (χ1n) is 6.51. The number of hydrogen-bond acceptors (Lipinski definition) is 3. The number of carbonyl (C=O) groups is 1. The van der Waals surface area contributed by atoms with Crippen molar-refractivity contribution in [1.82, 2.24) is 10.5 Å². The molecule has 0 saturated heterocycles. The van der Waals surface area contributed by atoms with Crippen LogP contribution in [0.15, 0.2) is 40.9 Å². The van der Waals surface area contributed by atoms with Gasteiger partial charge in [-0.1, -0.05) is 35.5 Å². The van der Waals surface area contributed by atoms with E-state index in [9.17, 15) is 4.79 Å². The maximum atomic E-state index is 12.2. The van der Waals surface area contributed by atoms with Crippen LogP contribution < -0.4 is 5.32 Å². The smallest absolute Gasteiger partial charge is 0.274 e. The quantitative estimate of drug-likeness (QED) is 0.918. The molecule has 1 amide bonds. The number of benzene rings is 1. The minimum absolute atomic E-state index is 0.166. The molecule has 0 radical (unpaired) electrons. The van der Waals surface area contributed by atoms with E-state index in [-0.39, 0.29) is 11.4 Å². The van der Waals surface area contributed by atoms with Crippen molar-refractivity contribution in [2.75, 3.05) is 0 Å². The third-order valence-electron chi connectivity index (χ3n) is 3.75. The van der Waals surface area contributed by atoms with Gasteiger partial charge in [-0.05, 0) is 31.7 Å². The molecular weight excluding hydrogens is 240 g/mol. The largest absolute Gasteiger partial charge is 0.361 e. The van der Waals surface area contributed by atoms with Crippen LogP contribution in [0.5, 0.6) is 0 Å². The van der Waals surface area contributed by atoms with Crippen molar-refractivity contribution < 1.29 is 9.32 Å². The Hall–Kier alpha value is -2.10. The van der Waals surface area contributed by atoms with Crippen molar-refractivity contribution >= 4 is 5.91 Å². The minimum atomic E-state index is -0.231. The fourth-order valence-electron chi connectivity index (χ4n) is 2.53. The Morgan fingerprint density at radius 1 is 1.32 bits per heavy atom. The molecule has 0 bridgehead atoms. The summed E-state index contributed by atoms with van der Waals surface area (Å²) in [6.07, 6.45) is 3.08. The van der Waals surface area contributed by atoms with Gasteiger partial charge in [-0.2, -0.15) is 0 Å². The van der Waals surface area contributed by atoms with Crippen LogP contribution in [0.1, 0.15) is 41.1 Å². The third-order valence-corrected chi connectivity index (χ3v) is 3.75. The second kappa shape index (κ2) is 4.53. The zero-order chi connectivity index (χ0) is 13.3. The topological polar surface area (TPSA) is 55.1 Å². The standard InChI is InChI=1S/C15H16N2O2/c1-11-10-13(17-19-11)14(18)16-15(8-5-9-15)12-6-3-2-4-7-12/h2-4,6-7,10H,5,8-9H2,1H3,(H,16,18). The van der Waals surface area contributed by atoms with E-state index in [0.29, 0.717) is 11.5 Å². The molecule has 0 unspecified atom stereocenters. The van der Waals surface area contributed by atoms with E-state index >= 15 is 0 Å². The van der Waals surface area contributed by atoms with Gasteiger partial charge in [-0.15, -0.1) is 0 Å². The van der Waals surface area contributed by atoms with E-state index in [0.717, 1.165) is 24.8 Å². The molecule has 98 valence electrons. The first kappa shape index (κ1) is 12.0. The van der Waals surface area contributed by atoms with E-state index in [2.05, 4.69) is 22.6 Å². The molecule has 1 saturated carbocycles. The molecule has 1 heterocycles. The molecule has 19 heavy (non-hydrogen) atoms. The zero-order valence-electron chi connectivity index (χ0n) is 10.8. The Labute approximate surface area is 111 Å². The van der Waals surface area contributed by atoms with Crippen LogP contribution in [0.25, 0.3) is 0 Å². The molecule has 3 rings (SSSR count). The number of nitrogens with one attached hydrogen (secondary N) is 1. The highest BCUT2D eigenvalue weighted by Gasteiger charge is 2.40. The van der Waals surface area contributed by atoms with Crippen molar-refractivity contribution in [3.63, 3.8) is 0 Å². The summed E-state index contributed by atoms with van der Waals surface area (Å²) in [5.74, 6) is 0.480. The highest BCUT2D eigenvalue weighted by molar-refractivity contribution is 5.92. The Morgan fingerprint density at radius 3 is 2.58 bits per heavy atom. The molecular formula is C15H16N2O2. The summed E-state index contributed by atoms with van der Waals surface area (Å²) in [5.41, 5.74) is 1.28. The van der Waals surface area contributed by atoms with Gasteiger partial charge in [0.2, 0.25) is 0 Å². The van der Waals surface area contributed by atoms with Gasteiger partial charge in [0.15, 0.2) is 5.69 Å². The number of rotatable bonds is 3. The van der Waals surface area contributed by atoms with Gasteiger partial charge in [0, 0.05) is 6.07 Å². The molecule has 0 aliphatic heterocycles. The first-order valence-corrected chi connectivity index (χ1v) is 6.51. The van der Waals surface area contributed by atoms with E-state index < -0.39 is 0 Å². The number of nitrogens with zero attached hydrogens (tertiary/aromatic N) is 1. The summed E-state index contributed by atoms with van der Waals surface area (Å²) in [7, 11) is 0. The maximum Gasteiger partial charge on any atom is 0.274 e. The Kier molecular flexibility index (Phi) is 2.85. The molecule has 0 atom stereocenters. The Bertz CT molecular complexity index is 585. The lowest BCUT2D eigenvalue weighted by Gasteiger charge is -2.42. The molecule has 1 N–H and O–H groups in total. The van der Waals surface area contributed by atoms with Crippen LogP contribution in [-0.2, 0) is 5.54 Å². The molecule has 2 aromatic rings. The SMILES string of the molecule is Cc1cc(C(=O)NC2(c3ccccc3)CCC2)no1. The molecule has 1 aliphatic rings. The van der Waals surface area contributed by atoms with Gasteiger partial charge in [0.1, 0.15) is 5.76 Å². The van der Waals surface area contributed by atoms with Crippen molar-refractivity contribution in [3.8, 4) is 0 Å². The van der Waals surface area contributed by atoms with Crippen LogP contribution in [0.2, 0.25) is 0 Å². The van der Waals surface area contributed by atoms with Crippen molar-refractivity contribution in [2.45, 2.75) is 31.7 Å². The minimum Gasteiger partial charge on any atom is -0.361 e. The summed E-state index contributed by atoms with van der Waals surface area (Å²) in [4.78, 5) is 12.2. The molecule has 4 heteroatoms. The molecule has 1 aliphatic carbocycles. The summed E-state index contributed by atoms with van der Waals surface area (Å²) in [6, 6.07) is 11.8. The van der Waals surface area contributed by atoms with Gasteiger partial charge in [0.05, 0.1) is 5.54 Å². The number of aryl methyl sites for hydroxylation is 1. The normalized spacial score (nSPS) is 16.7. The van der Waals surface area contributed by atoms with E-state index in [1.54, 1.807) is 13.0 Å². The lowest BCUT2D eigenvalue weighted by atomic mass is 9.71. The number of hydrogen-bond donors (Lipinski definition) is 1. The number of aromatic nitrogens is 1. The summed E-state index contributed by atoms with van der Waals surface area (Å²) in [5, 5.41) is 6.88. The number of carbonyl (C=O) groups excluding carboxylic acids is 1. The Morgan fingerprint density at radius 2 is 2.05 bits per heavy atom. The zero-order valence-corrected chi connectivity index (χ0v) is 10.8. The fraction of sp³-hybridized carbons (Fsp3) is 0.333. The van der Waals surface area contributed by atoms with Crippen LogP contribution >= 0.6 is 0 Å². The molecule has 1 fully saturated rings. The third kappa shape index (κ3) is 2.14. The van der Waals surface area contributed by atoms with Gasteiger partial charge in [-0.25, -0.2) is 0 Å². The molecule has 4 nitrogen and oxygen atoms in total.